The Bertz CT molecular complexity index is 683. The first-order valence-electron chi connectivity index (χ1n) is 5.36. The number of amides is 1. The minimum absolute atomic E-state index is 0.452. The number of rotatable bonds is 2. The number of oxazole rings is 1. The summed E-state index contributed by atoms with van der Waals surface area (Å²) in [5.74, 6) is 0.0144. The number of carbonyl (C=O) groups is 1. The Morgan fingerprint density at radius 3 is 2.61 bits per heavy atom. The topological polar surface area (TPSA) is 82.0 Å². The Kier molecular flexibility index (Phi) is 2.30. The van der Waals surface area contributed by atoms with Crippen LogP contribution >= 0.6 is 0 Å². The largest absolute Gasteiger partial charge is 0.418 e. The van der Waals surface area contributed by atoms with Gasteiger partial charge in [-0.25, -0.2) is 9.97 Å². The van der Waals surface area contributed by atoms with Crippen LogP contribution in [0.3, 0.4) is 0 Å². The van der Waals surface area contributed by atoms with Gasteiger partial charge in [-0.2, -0.15) is 0 Å². The van der Waals surface area contributed by atoms with E-state index >= 15 is 0 Å². The third-order valence-corrected chi connectivity index (χ3v) is 2.58. The van der Waals surface area contributed by atoms with Gasteiger partial charge in [0.2, 0.25) is 17.5 Å². The molecule has 2 aromatic heterocycles. The van der Waals surface area contributed by atoms with Crippen LogP contribution in [0.25, 0.3) is 22.7 Å². The standard InChI is InChI=1S/C13H9N3O2/c14-11(17)8-3-5-9(6-4-8)12-16-10-2-1-7-15-13(10)18-12/h1-7H,(H2,14,17). The molecule has 0 bridgehead atoms. The van der Waals surface area contributed by atoms with Gasteiger partial charge in [-0.3, -0.25) is 4.79 Å². The number of hydrogen-bond donors (Lipinski definition) is 1. The zero-order chi connectivity index (χ0) is 12.5. The first-order chi connectivity index (χ1) is 8.74. The van der Waals surface area contributed by atoms with E-state index in [0.29, 0.717) is 22.7 Å². The molecular formula is C13H9N3O2. The van der Waals surface area contributed by atoms with Crippen molar-refractivity contribution in [2.45, 2.75) is 0 Å². The van der Waals surface area contributed by atoms with Crippen LogP contribution in [0.15, 0.2) is 47.0 Å². The predicted molar refractivity (Wildman–Crippen MR) is 65.8 cm³/mol. The van der Waals surface area contributed by atoms with E-state index in [1.165, 1.54) is 0 Å². The highest BCUT2D eigenvalue weighted by Crippen LogP contribution is 2.22. The molecule has 1 amide bonds. The summed E-state index contributed by atoms with van der Waals surface area (Å²) in [4.78, 5) is 19.3. The van der Waals surface area contributed by atoms with E-state index < -0.39 is 5.91 Å². The SMILES string of the molecule is NC(=O)c1ccc(-c2nc3cccnc3o2)cc1. The number of hydrogen-bond acceptors (Lipinski definition) is 4. The van der Waals surface area contributed by atoms with E-state index in [1.54, 1.807) is 36.5 Å². The minimum Gasteiger partial charge on any atom is -0.418 e. The van der Waals surface area contributed by atoms with Gasteiger partial charge < -0.3 is 10.2 Å². The lowest BCUT2D eigenvalue weighted by Gasteiger charge is -1.96. The summed E-state index contributed by atoms with van der Waals surface area (Å²) in [5, 5.41) is 0. The number of nitrogens with zero attached hydrogens (tertiary/aromatic N) is 2. The number of carbonyl (C=O) groups excluding carboxylic acids is 1. The van der Waals surface area contributed by atoms with Crippen molar-refractivity contribution in [3.8, 4) is 11.5 Å². The first kappa shape index (κ1) is 10.5. The van der Waals surface area contributed by atoms with Crippen LogP contribution in [-0.4, -0.2) is 15.9 Å². The average Bonchev–Trinajstić information content (AvgIpc) is 2.82. The Morgan fingerprint density at radius 2 is 1.94 bits per heavy atom. The van der Waals surface area contributed by atoms with Crippen molar-refractivity contribution in [1.29, 1.82) is 0 Å². The quantitative estimate of drug-likeness (QED) is 0.741. The van der Waals surface area contributed by atoms with Gasteiger partial charge in [-0.15, -0.1) is 0 Å². The molecule has 0 fully saturated rings. The molecule has 0 aliphatic heterocycles. The second-order valence-corrected chi connectivity index (χ2v) is 3.79. The van der Waals surface area contributed by atoms with Crippen molar-refractivity contribution >= 4 is 17.1 Å². The second-order valence-electron chi connectivity index (χ2n) is 3.79. The summed E-state index contributed by atoms with van der Waals surface area (Å²) in [7, 11) is 0. The zero-order valence-corrected chi connectivity index (χ0v) is 9.33. The van der Waals surface area contributed by atoms with Gasteiger partial charge in [-0.05, 0) is 36.4 Å². The van der Waals surface area contributed by atoms with Gasteiger partial charge in [0.15, 0.2) is 0 Å². The summed E-state index contributed by atoms with van der Waals surface area (Å²) < 4.78 is 5.52. The van der Waals surface area contributed by atoms with Gasteiger partial charge in [0, 0.05) is 17.3 Å². The van der Waals surface area contributed by atoms with Crippen molar-refractivity contribution in [3.05, 3.63) is 48.2 Å². The molecule has 0 atom stereocenters. The first-order valence-corrected chi connectivity index (χ1v) is 5.36. The molecule has 2 heterocycles. The fraction of sp³-hybridized carbons (Fsp3) is 0. The lowest BCUT2D eigenvalue weighted by molar-refractivity contribution is 0.100. The Balaban J connectivity index is 2.06. The van der Waals surface area contributed by atoms with Gasteiger partial charge in [0.25, 0.3) is 0 Å². The van der Waals surface area contributed by atoms with E-state index in [4.69, 9.17) is 10.2 Å². The molecule has 18 heavy (non-hydrogen) atoms. The number of fused-ring (bicyclic) bond motifs is 1. The molecule has 5 heteroatoms. The molecule has 1 aromatic carbocycles. The molecule has 0 radical (unpaired) electrons. The van der Waals surface area contributed by atoms with E-state index in [1.807, 2.05) is 6.07 Å². The van der Waals surface area contributed by atoms with E-state index in [0.717, 1.165) is 5.56 Å². The molecule has 5 nitrogen and oxygen atoms in total. The highest BCUT2D eigenvalue weighted by atomic mass is 16.4. The molecule has 0 saturated carbocycles. The molecule has 88 valence electrons. The Morgan fingerprint density at radius 1 is 1.17 bits per heavy atom. The van der Waals surface area contributed by atoms with Gasteiger partial charge in [-0.1, -0.05) is 0 Å². The van der Waals surface area contributed by atoms with Gasteiger partial charge in [0.05, 0.1) is 0 Å². The Labute approximate surface area is 102 Å². The summed E-state index contributed by atoms with van der Waals surface area (Å²) in [6, 6.07) is 10.4. The third-order valence-electron chi connectivity index (χ3n) is 2.58. The molecule has 0 saturated heterocycles. The van der Waals surface area contributed by atoms with Crippen LogP contribution < -0.4 is 5.73 Å². The number of benzene rings is 1. The van der Waals surface area contributed by atoms with Crippen LogP contribution in [0.1, 0.15) is 10.4 Å². The lowest BCUT2D eigenvalue weighted by atomic mass is 10.1. The highest BCUT2D eigenvalue weighted by molar-refractivity contribution is 5.93. The minimum atomic E-state index is -0.458. The average molecular weight is 239 g/mol. The smallest absolute Gasteiger partial charge is 0.248 e. The van der Waals surface area contributed by atoms with E-state index in [2.05, 4.69) is 9.97 Å². The fourth-order valence-corrected chi connectivity index (χ4v) is 1.67. The molecule has 0 unspecified atom stereocenters. The number of primary amides is 1. The van der Waals surface area contributed by atoms with E-state index in [9.17, 15) is 4.79 Å². The fourth-order valence-electron chi connectivity index (χ4n) is 1.67. The molecule has 3 aromatic rings. The summed E-state index contributed by atoms with van der Waals surface area (Å²) in [5.41, 5.74) is 7.60. The van der Waals surface area contributed by atoms with Crippen LogP contribution in [0, 0.1) is 0 Å². The lowest BCUT2D eigenvalue weighted by Crippen LogP contribution is -2.10. The molecule has 2 N–H and O–H groups in total. The summed E-state index contributed by atoms with van der Waals surface area (Å²) in [6.07, 6.45) is 1.65. The summed E-state index contributed by atoms with van der Waals surface area (Å²) in [6.45, 7) is 0. The molecule has 3 rings (SSSR count). The van der Waals surface area contributed by atoms with Crippen LogP contribution in [0.5, 0.6) is 0 Å². The van der Waals surface area contributed by atoms with Crippen molar-refractivity contribution in [1.82, 2.24) is 9.97 Å². The zero-order valence-electron chi connectivity index (χ0n) is 9.33. The molecule has 0 aliphatic carbocycles. The predicted octanol–water partition coefficient (Wildman–Crippen LogP) is 1.99. The highest BCUT2D eigenvalue weighted by Gasteiger charge is 2.09. The maximum absolute atomic E-state index is 11.0. The van der Waals surface area contributed by atoms with Gasteiger partial charge >= 0.3 is 0 Å². The van der Waals surface area contributed by atoms with E-state index in [-0.39, 0.29) is 0 Å². The number of pyridine rings is 1. The maximum atomic E-state index is 11.0. The summed E-state index contributed by atoms with van der Waals surface area (Å²) >= 11 is 0. The maximum Gasteiger partial charge on any atom is 0.248 e. The molecule has 0 spiro atoms. The van der Waals surface area contributed by atoms with Crippen LogP contribution in [0.4, 0.5) is 0 Å². The van der Waals surface area contributed by atoms with Crippen molar-refractivity contribution in [2.24, 2.45) is 5.73 Å². The van der Waals surface area contributed by atoms with Crippen molar-refractivity contribution in [2.75, 3.05) is 0 Å². The molecular weight excluding hydrogens is 230 g/mol. The third kappa shape index (κ3) is 1.71. The monoisotopic (exact) mass is 239 g/mol. The molecule has 0 aliphatic rings. The van der Waals surface area contributed by atoms with Crippen molar-refractivity contribution < 1.29 is 9.21 Å². The van der Waals surface area contributed by atoms with Gasteiger partial charge in [0.1, 0.15) is 5.52 Å². The van der Waals surface area contributed by atoms with Crippen LogP contribution in [-0.2, 0) is 0 Å². The second kappa shape index (κ2) is 3.96. The normalized spacial score (nSPS) is 10.7. The number of aromatic nitrogens is 2. The van der Waals surface area contributed by atoms with Crippen molar-refractivity contribution in [3.63, 3.8) is 0 Å². The Hall–Kier alpha value is -2.69. The van der Waals surface area contributed by atoms with Crippen LogP contribution in [0.2, 0.25) is 0 Å². The number of nitrogens with two attached hydrogens (primary N) is 1.